The Morgan fingerprint density at radius 1 is 1.14 bits per heavy atom. The first-order valence-electron chi connectivity index (χ1n) is 8.70. The van der Waals surface area contributed by atoms with Crippen LogP contribution in [0.25, 0.3) is 0 Å². The summed E-state index contributed by atoms with van der Waals surface area (Å²) in [6.45, 7) is 3.84. The van der Waals surface area contributed by atoms with Crippen molar-refractivity contribution in [1.82, 2.24) is 5.32 Å². The zero-order valence-corrected chi connectivity index (χ0v) is 17.0. The van der Waals surface area contributed by atoms with Gasteiger partial charge in [0.15, 0.2) is 16.6 Å². The normalized spacial score (nSPS) is 16.6. The van der Waals surface area contributed by atoms with Gasteiger partial charge < -0.3 is 19.9 Å². The molecule has 1 unspecified atom stereocenters. The number of esters is 1. The Balaban J connectivity index is 2.13. The molecule has 1 aliphatic rings. The highest BCUT2D eigenvalue weighted by Crippen LogP contribution is 2.37. The summed E-state index contributed by atoms with van der Waals surface area (Å²) in [6, 6.07) is 12.3. The first kappa shape index (κ1) is 19.7. The minimum atomic E-state index is -0.531. The molecule has 1 heterocycles. The summed E-state index contributed by atoms with van der Waals surface area (Å²) in [5.41, 5.74) is 3.81. The molecule has 2 aromatic rings. The molecule has 2 N–H and O–H groups in total. The quantitative estimate of drug-likeness (QED) is 0.602. The Morgan fingerprint density at radius 3 is 2.43 bits per heavy atom. The molecule has 1 atom stereocenters. The lowest BCUT2D eigenvalue weighted by atomic mass is 9.94. The van der Waals surface area contributed by atoms with Gasteiger partial charge in [0.25, 0.3) is 0 Å². The number of allylic oxidation sites excluding steroid dienone is 1. The Bertz CT molecular complexity index is 953. The number of phenolic OH excluding ortho intramolecular Hbond substituents is 1. The van der Waals surface area contributed by atoms with E-state index in [4.69, 9.17) is 21.7 Å². The molecule has 3 rings (SSSR count). The highest BCUT2D eigenvalue weighted by Gasteiger charge is 2.35. The molecule has 0 aliphatic carbocycles. The highest BCUT2D eigenvalue weighted by atomic mass is 32.1. The number of hydrogen-bond acceptors (Lipinski definition) is 5. The second-order valence-electron chi connectivity index (χ2n) is 6.48. The van der Waals surface area contributed by atoms with Gasteiger partial charge in [0.1, 0.15) is 0 Å². The second-order valence-corrected chi connectivity index (χ2v) is 6.86. The lowest BCUT2D eigenvalue weighted by molar-refractivity contribution is -0.136. The number of thiocarbonyl (C=S) groups is 1. The Kier molecular flexibility index (Phi) is 5.56. The van der Waals surface area contributed by atoms with Crippen molar-refractivity contribution in [2.75, 3.05) is 19.1 Å². The molecular weight excluding hydrogens is 376 g/mol. The summed E-state index contributed by atoms with van der Waals surface area (Å²) in [4.78, 5) is 14.5. The SMILES string of the molecule is COC(=O)C1=C(C)N(c2ccc(C)cc2)C(=S)NC1c1ccc(O)c(OC)c1. The van der Waals surface area contributed by atoms with Gasteiger partial charge in [0.2, 0.25) is 0 Å². The minimum Gasteiger partial charge on any atom is -0.504 e. The fourth-order valence-corrected chi connectivity index (χ4v) is 3.61. The molecule has 0 spiro atoms. The van der Waals surface area contributed by atoms with E-state index in [9.17, 15) is 9.90 Å². The van der Waals surface area contributed by atoms with Crippen LogP contribution in [0, 0.1) is 6.92 Å². The molecule has 146 valence electrons. The van der Waals surface area contributed by atoms with Crippen LogP contribution in [0.1, 0.15) is 24.1 Å². The van der Waals surface area contributed by atoms with Crippen molar-refractivity contribution in [3.05, 3.63) is 64.9 Å². The number of ether oxygens (including phenoxy) is 2. The number of aromatic hydroxyl groups is 1. The molecule has 0 radical (unpaired) electrons. The van der Waals surface area contributed by atoms with Gasteiger partial charge in [-0.25, -0.2) is 4.79 Å². The minimum absolute atomic E-state index is 0.0197. The number of benzene rings is 2. The van der Waals surface area contributed by atoms with Gasteiger partial charge in [-0.3, -0.25) is 4.90 Å². The molecule has 28 heavy (non-hydrogen) atoms. The van der Waals surface area contributed by atoms with Crippen molar-refractivity contribution in [2.45, 2.75) is 19.9 Å². The number of carbonyl (C=O) groups is 1. The van der Waals surface area contributed by atoms with Gasteiger partial charge in [0.05, 0.1) is 25.8 Å². The van der Waals surface area contributed by atoms with E-state index >= 15 is 0 Å². The topological polar surface area (TPSA) is 71.0 Å². The molecule has 7 heteroatoms. The fraction of sp³-hybridized carbons (Fsp3) is 0.238. The maximum Gasteiger partial charge on any atom is 0.337 e. The Hall–Kier alpha value is -3.06. The van der Waals surface area contributed by atoms with Crippen molar-refractivity contribution in [2.24, 2.45) is 0 Å². The smallest absolute Gasteiger partial charge is 0.337 e. The largest absolute Gasteiger partial charge is 0.504 e. The summed E-state index contributed by atoms with van der Waals surface area (Å²) in [7, 11) is 2.82. The number of phenols is 1. The molecule has 2 aromatic carbocycles. The van der Waals surface area contributed by atoms with Gasteiger partial charge in [-0.2, -0.15) is 0 Å². The lowest BCUT2D eigenvalue weighted by Crippen LogP contribution is -2.48. The maximum absolute atomic E-state index is 12.6. The van der Waals surface area contributed by atoms with Crippen LogP contribution in [0.4, 0.5) is 5.69 Å². The van der Waals surface area contributed by atoms with Crippen LogP contribution in [-0.4, -0.2) is 30.4 Å². The van der Waals surface area contributed by atoms with Crippen LogP contribution in [-0.2, 0) is 9.53 Å². The molecule has 0 saturated carbocycles. The molecule has 0 fully saturated rings. The third kappa shape index (κ3) is 3.53. The zero-order chi connectivity index (χ0) is 20.4. The van der Waals surface area contributed by atoms with E-state index in [1.54, 1.807) is 12.1 Å². The van der Waals surface area contributed by atoms with E-state index in [1.165, 1.54) is 20.3 Å². The van der Waals surface area contributed by atoms with E-state index in [2.05, 4.69) is 5.32 Å². The van der Waals surface area contributed by atoms with Gasteiger partial charge in [-0.05, 0) is 55.9 Å². The van der Waals surface area contributed by atoms with Crippen molar-refractivity contribution >= 4 is 29.0 Å². The molecule has 6 nitrogen and oxygen atoms in total. The molecule has 1 aliphatic heterocycles. The number of aryl methyl sites for hydroxylation is 1. The number of methoxy groups -OCH3 is 2. The van der Waals surface area contributed by atoms with E-state index in [0.29, 0.717) is 22.1 Å². The first-order valence-corrected chi connectivity index (χ1v) is 9.11. The van der Waals surface area contributed by atoms with Crippen molar-refractivity contribution in [3.8, 4) is 11.5 Å². The summed E-state index contributed by atoms with van der Waals surface area (Å²) in [5.74, 6) is -0.124. The average Bonchev–Trinajstić information content (AvgIpc) is 2.69. The number of anilines is 1. The van der Waals surface area contributed by atoms with E-state index in [-0.39, 0.29) is 5.75 Å². The Morgan fingerprint density at radius 2 is 1.82 bits per heavy atom. The van der Waals surface area contributed by atoms with Gasteiger partial charge in [-0.1, -0.05) is 23.8 Å². The predicted molar refractivity (Wildman–Crippen MR) is 112 cm³/mol. The lowest BCUT2D eigenvalue weighted by Gasteiger charge is -2.37. The molecule has 0 bridgehead atoms. The highest BCUT2D eigenvalue weighted by molar-refractivity contribution is 7.80. The average molecular weight is 398 g/mol. The summed E-state index contributed by atoms with van der Waals surface area (Å²) < 4.78 is 10.2. The van der Waals surface area contributed by atoms with Crippen LogP contribution in [0.5, 0.6) is 11.5 Å². The van der Waals surface area contributed by atoms with Crippen molar-refractivity contribution < 1.29 is 19.4 Å². The predicted octanol–water partition coefficient (Wildman–Crippen LogP) is 3.59. The summed E-state index contributed by atoms with van der Waals surface area (Å²) in [6.07, 6.45) is 0. The van der Waals surface area contributed by atoms with Crippen molar-refractivity contribution in [1.29, 1.82) is 0 Å². The standard InChI is InChI=1S/C21H22N2O4S/c1-12-5-8-15(9-6-12)23-13(2)18(20(25)27-4)19(22-21(23)28)14-7-10-16(24)17(11-14)26-3/h5-11,19,24H,1-4H3,(H,22,28). The third-order valence-electron chi connectivity index (χ3n) is 4.72. The molecular formula is C21H22N2O4S. The second kappa shape index (κ2) is 7.90. The first-order chi connectivity index (χ1) is 13.4. The number of rotatable bonds is 4. The molecule has 0 aromatic heterocycles. The van der Waals surface area contributed by atoms with Crippen LogP contribution < -0.4 is 15.0 Å². The number of hydrogen-bond donors (Lipinski definition) is 2. The summed E-state index contributed by atoms with van der Waals surface area (Å²) >= 11 is 5.61. The number of nitrogens with zero attached hydrogens (tertiary/aromatic N) is 1. The van der Waals surface area contributed by atoms with E-state index in [0.717, 1.165) is 16.8 Å². The van der Waals surface area contributed by atoms with E-state index in [1.807, 2.05) is 43.0 Å². The van der Waals surface area contributed by atoms with Crippen LogP contribution in [0.15, 0.2) is 53.7 Å². The van der Waals surface area contributed by atoms with E-state index < -0.39 is 12.0 Å². The van der Waals surface area contributed by atoms with Gasteiger partial charge in [-0.15, -0.1) is 0 Å². The monoisotopic (exact) mass is 398 g/mol. The molecule has 0 saturated heterocycles. The zero-order valence-electron chi connectivity index (χ0n) is 16.1. The van der Waals surface area contributed by atoms with Gasteiger partial charge >= 0.3 is 5.97 Å². The van der Waals surface area contributed by atoms with Crippen molar-refractivity contribution in [3.63, 3.8) is 0 Å². The maximum atomic E-state index is 12.6. The Labute approximate surface area is 169 Å². The molecule has 0 amide bonds. The fourth-order valence-electron chi connectivity index (χ4n) is 3.25. The van der Waals surface area contributed by atoms with Gasteiger partial charge in [0, 0.05) is 11.4 Å². The van der Waals surface area contributed by atoms with Crippen LogP contribution in [0.2, 0.25) is 0 Å². The number of nitrogens with one attached hydrogen (secondary N) is 1. The third-order valence-corrected chi connectivity index (χ3v) is 5.02. The summed E-state index contributed by atoms with van der Waals surface area (Å²) in [5, 5.41) is 13.6. The number of carbonyl (C=O) groups excluding carboxylic acids is 1. The van der Waals surface area contributed by atoms with Crippen LogP contribution in [0.3, 0.4) is 0 Å². The van der Waals surface area contributed by atoms with Crippen LogP contribution >= 0.6 is 12.2 Å².